The van der Waals surface area contributed by atoms with Crippen LogP contribution in [0.25, 0.3) is 0 Å². The highest BCUT2D eigenvalue weighted by Crippen LogP contribution is 2.21. The number of aromatic hydroxyl groups is 1. The highest BCUT2D eigenvalue weighted by atomic mass is 35.5. The van der Waals surface area contributed by atoms with Gasteiger partial charge in [0.1, 0.15) is 5.75 Å². The maximum Gasteiger partial charge on any atom is 0.275 e. The summed E-state index contributed by atoms with van der Waals surface area (Å²) in [6, 6.07) is 4.37. The molecule has 1 aliphatic rings. The molecule has 1 aromatic carbocycles. The third kappa shape index (κ3) is 4.23. The van der Waals surface area contributed by atoms with E-state index in [-0.39, 0.29) is 11.3 Å². The van der Waals surface area contributed by atoms with Gasteiger partial charge in [0.2, 0.25) is 0 Å². The van der Waals surface area contributed by atoms with Crippen molar-refractivity contribution < 1.29 is 9.90 Å². The number of phenolic OH excluding ortho intramolecular Hbond substituents is 1. The lowest BCUT2D eigenvalue weighted by molar-refractivity contribution is 0.0952. The molecule has 0 unspecified atom stereocenters. The molecule has 1 amide bonds. The minimum absolute atomic E-state index is 0.0928. The Labute approximate surface area is 123 Å². The Morgan fingerprint density at radius 1 is 1.15 bits per heavy atom. The molecule has 1 aliphatic carbocycles. The summed E-state index contributed by atoms with van der Waals surface area (Å²) in [7, 11) is 0. The molecule has 0 saturated heterocycles. The average molecular weight is 295 g/mol. The number of nitrogens with zero attached hydrogens (tertiary/aromatic N) is 1. The minimum Gasteiger partial charge on any atom is -0.507 e. The topological polar surface area (TPSA) is 61.7 Å². The Morgan fingerprint density at radius 3 is 2.50 bits per heavy atom. The van der Waals surface area contributed by atoms with E-state index in [1.807, 2.05) is 0 Å². The summed E-state index contributed by atoms with van der Waals surface area (Å²) in [6.45, 7) is 0. The van der Waals surface area contributed by atoms with Crippen LogP contribution in [-0.2, 0) is 0 Å². The van der Waals surface area contributed by atoms with Gasteiger partial charge in [-0.05, 0) is 43.9 Å². The van der Waals surface area contributed by atoms with E-state index in [1.54, 1.807) is 0 Å². The molecule has 4 nitrogen and oxygen atoms in total. The number of hydrogen-bond donors (Lipinski definition) is 2. The molecular formula is C15H19ClN2O2. The van der Waals surface area contributed by atoms with E-state index in [1.165, 1.54) is 37.5 Å². The van der Waals surface area contributed by atoms with Crippen LogP contribution in [0.15, 0.2) is 23.3 Å². The third-order valence-corrected chi connectivity index (χ3v) is 3.68. The van der Waals surface area contributed by atoms with Crippen molar-refractivity contribution in [1.29, 1.82) is 0 Å². The minimum atomic E-state index is -0.431. The van der Waals surface area contributed by atoms with Crippen molar-refractivity contribution in [3.05, 3.63) is 28.8 Å². The van der Waals surface area contributed by atoms with Crippen molar-refractivity contribution in [2.24, 2.45) is 5.10 Å². The van der Waals surface area contributed by atoms with Crippen molar-refractivity contribution in [1.82, 2.24) is 5.43 Å². The van der Waals surface area contributed by atoms with Crippen molar-refractivity contribution in [3.8, 4) is 5.75 Å². The lowest BCUT2D eigenvalue weighted by atomic mass is 9.99. The molecule has 1 aromatic rings. The smallest absolute Gasteiger partial charge is 0.275 e. The summed E-state index contributed by atoms with van der Waals surface area (Å²) in [4.78, 5) is 12.0. The van der Waals surface area contributed by atoms with Gasteiger partial charge in [-0.2, -0.15) is 5.10 Å². The predicted octanol–water partition coefficient (Wildman–Crippen LogP) is 3.88. The summed E-state index contributed by atoms with van der Waals surface area (Å²) < 4.78 is 0. The Kier molecular flexibility index (Phi) is 5.41. The summed E-state index contributed by atoms with van der Waals surface area (Å²) in [5.74, 6) is -0.524. The molecule has 2 rings (SSSR count). The number of rotatable bonds is 2. The van der Waals surface area contributed by atoms with Crippen molar-refractivity contribution in [2.75, 3.05) is 0 Å². The fourth-order valence-electron chi connectivity index (χ4n) is 2.31. The monoisotopic (exact) mass is 294 g/mol. The fourth-order valence-corrected chi connectivity index (χ4v) is 2.48. The molecule has 0 heterocycles. The van der Waals surface area contributed by atoms with E-state index in [4.69, 9.17) is 11.6 Å². The number of amides is 1. The van der Waals surface area contributed by atoms with Gasteiger partial charge in [0.15, 0.2) is 0 Å². The quantitative estimate of drug-likeness (QED) is 0.813. The number of carbonyl (C=O) groups is 1. The molecular weight excluding hydrogens is 276 g/mol. The second-order valence-corrected chi connectivity index (χ2v) is 5.48. The van der Waals surface area contributed by atoms with Gasteiger partial charge in [0.05, 0.1) is 5.56 Å². The van der Waals surface area contributed by atoms with Gasteiger partial charge in [0, 0.05) is 10.7 Å². The Balaban J connectivity index is 2.01. The van der Waals surface area contributed by atoms with Gasteiger partial charge < -0.3 is 5.11 Å². The van der Waals surface area contributed by atoms with Crippen LogP contribution >= 0.6 is 11.6 Å². The summed E-state index contributed by atoms with van der Waals surface area (Å²) in [5.41, 5.74) is 3.69. The summed E-state index contributed by atoms with van der Waals surface area (Å²) >= 11 is 5.82. The van der Waals surface area contributed by atoms with Gasteiger partial charge in [-0.25, -0.2) is 5.43 Å². The van der Waals surface area contributed by atoms with Crippen LogP contribution in [0.3, 0.4) is 0 Å². The van der Waals surface area contributed by atoms with Crippen molar-refractivity contribution in [3.63, 3.8) is 0 Å². The lowest BCUT2D eigenvalue weighted by Gasteiger charge is -2.11. The zero-order valence-corrected chi connectivity index (χ0v) is 12.1. The normalized spacial score (nSPS) is 16.1. The first-order valence-electron chi connectivity index (χ1n) is 7.01. The molecule has 108 valence electrons. The molecule has 1 fully saturated rings. The van der Waals surface area contributed by atoms with Gasteiger partial charge >= 0.3 is 0 Å². The van der Waals surface area contributed by atoms with Crippen LogP contribution in [0.4, 0.5) is 0 Å². The summed E-state index contributed by atoms with van der Waals surface area (Å²) in [5, 5.41) is 14.3. The maximum absolute atomic E-state index is 12.0. The number of hydrogen-bond acceptors (Lipinski definition) is 3. The Hall–Kier alpha value is -1.55. The largest absolute Gasteiger partial charge is 0.507 e. The van der Waals surface area contributed by atoms with Gasteiger partial charge in [0.25, 0.3) is 5.91 Å². The molecule has 0 aromatic heterocycles. The molecule has 0 bridgehead atoms. The first kappa shape index (κ1) is 14.9. The SMILES string of the molecule is O=C(NN=C1CCCCCCC1)c1cc(Cl)ccc1O. The average Bonchev–Trinajstić information content (AvgIpc) is 2.40. The fraction of sp³-hybridized carbons (Fsp3) is 0.467. The van der Waals surface area contributed by atoms with Crippen molar-refractivity contribution >= 4 is 23.2 Å². The van der Waals surface area contributed by atoms with E-state index >= 15 is 0 Å². The number of hydrazone groups is 1. The molecule has 0 radical (unpaired) electrons. The maximum atomic E-state index is 12.0. The van der Waals surface area contributed by atoms with E-state index in [2.05, 4.69) is 10.5 Å². The van der Waals surface area contributed by atoms with Crippen LogP contribution in [0.1, 0.15) is 55.3 Å². The zero-order chi connectivity index (χ0) is 14.4. The van der Waals surface area contributed by atoms with Gasteiger partial charge in [-0.1, -0.05) is 30.9 Å². The van der Waals surface area contributed by atoms with E-state index < -0.39 is 5.91 Å². The van der Waals surface area contributed by atoms with Crippen LogP contribution in [0.2, 0.25) is 5.02 Å². The Bertz CT molecular complexity index is 505. The van der Waals surface area contributed by atoms with E-state index in [0.29, 0.717) is 5.02 Å². The highest BCUT2D eigenvalue weighted by molar-refractivity contribution is 6.31. The van der Waals surface area contributed by atoms with Gasteiger partial charge in [-0.15, -0.1) is 0 Å². The number of benzene rings is 1. The summed E-state index contributed by atoms with van der Waals surface area (Å²) in [6.07, 6.45) is 7.85. The number of halogens is 1. The molecule has 0 atom stereocenters. The molecule has 0 aliphatic heterocycles. The third-order valence-electron chi connectivity index (χ3n) is 3.45. The van der Waals surface area contributed by atoms with Crippen LogP contribution in [-0.4, -0.2) is 16.7 Å². The highest BCUT2D eigenvalue weighted by Gasteiger charge is 2.12. The number of phenols is 1. The first-order chi connectivity index (χ1) is 9.66. The van der Waals surface area contributed by atoms with Crippen LogP contribution in [0, 0.1) is 0 Å². The molecule has 1 saturated carbocycles. The molecule has 2 N–H and O–H groups in total. The second kappa shape index (κ2) is 7.29. The molecule has 5 heteroatoms. The molecule has 20 heavy (non-hydrogen) atoms. The molecule has 0 spiro atoms. The lowest BCUT2D eigenvalue weighted by Crippen LogP contribution is -2.20. The van der Waals surface area contributed by atoms with E-state index in [9.17, 15) is 9.90 Å². The predicted molar refractivity (Wildman–Crippen MR) is 80.3 cm³/mol. The first-order valence-corrected chi connectivity index (χ1v) is 7.39. The Morgan fingerprint density at radius 2 is 1.80 bits per heavy atom. The standard InChI is InChI=1S/C15H19ClN2O2/c16-11-8-9-14(19)13(10-11)15(20)18-17-12-6-4-2-1-3-5-7-12/h8-10,19H,1-7H2,(H,18,20). The number of nitrogens with one attached hydrogen (secondary N) is 1. The zero-order valence-electron chi connectivity index (χ0n) is 11.4. The second-order valence-electron chi connectivity index (χ2n) is 5.05. The van der Waals surface area contributed by atoms with Crippen LogP contribution in [0.5, 0.6) is 5.75 Å². The van der Waals surface area contributed by atoms with Crippen LogP contribution < -0.4 is 5.43 Å². The van der Waals surface area contributed by atoms with E-state index in [0.717, 1.165) is 31.4 Å². The number of carbonyl (C=O) groups excluding carboxylic acids is 1. The van der Waals surface area contributed by atoms with Gasteiger partial charge in [-0.3, -0.25) is 4.79 Å². The van der Waals surface area contributed by atoms with Crippen molar-refractivity contribution in [2.45, 2.75) is 44.9 Å².